The Kier molecular flexibility index (Phi) is 7.44. The lowest BCUT2D eigenvalue weighted by atomic mass is 10.1. The van der Waals surface area contributed by atoms with Gasteiger partial charge in [0.15, 0.2) is 16.6 Å². The van der Waals surface area contributed by atoms with E-state index in [2.05, 4.69) is 15.3 Å². The standard InChI is InChI=1S/C16H20FN7O2S/c1-9-7-11(4-5-12(9)17)21-15(22-25)14-16(24-26-23-14)27-6-2-3-10(18)8-13(19)20/h4-5,7,18,25H,2-3,6,8H2,1H3,(H3,19,20)(H,21,22). The number of aryl methyl sites for hydroxylation is 1. The molecule has 11 heteroatoms. The molecule has 1 aromatic heterocycles. The molecule has 0 unspecified atom stereocenters. The number of thioether (sulfide) groups is 1. The highest BCUT2D eigenvalue weighted by Gasteiger charge is 2.17. The average molecular weight is 393 g/mol. The molecule has 0 aliphatic carbocycles. The molecule has 0 amide bonds. The Morgan fingerprint density at radius 1 is 1.41 bits per heavy atom. The van der Waals surface area contributed by atoms with Gasteiger partial charge in [0, 0.05) is 17.9 Å². The van der Waals surface area contributed by atoms with Crippen LogP contribution in [0, 0.1) is 23.6 Å². The van der Waals surface area contributed by atoms with Gasteiger partial charge in [0.2, 0.25) is 0 Å². The van der Waals surface area contributed by atoms with Gasteiger partial charge in [0.25, 0.3) is 0 Å². The van der Waals surface area contributed by atoms with E-state index in [1.807, 2.05) is 5.48 Å². The van der Waals surface area contributed by atoms with E-state index in [-0.39, 0.29) is 29.6 Å². The van der Waals surface area contributed by atoms with Crippen LogP contribution in [-0.2, 0) is 0 Å². The van der Waals surface area contributed by atoms with Crippen LogP contribution in [0.5, 0.6) is 0 Å². The van der Waals surface area contributed by atoms with Crippen LogP contribution in [-0.4, -0.2) is 38.7 Å². The number of nitrogens with zero attached hydrogens (tertiary/aromatic N) is 3. The third-order valence-corrected chi connectivity index (χ3v) is 4.47. The van der Waals surface area contributed by atoms with E-state index in [4.69, 9.17) is 21.2 Å². The third-order valence-electron chi connectivity index (χ3n) is 3.44. The summed E-state index contributed by atoms with van der Waals surface area (Å²) in [5, 5.41) is 32.3. The molecule has 0 spiro atoms. The van der Waals surface area contributed by atoms with Gasteiger partial charge in [-0.05, 0) is 53.8 Å². The van der Waals surface area contributed by atoms with E-state index in [1.165, 1.54) is 30.0 Å². The molecule has 2 rings (SSSR count). The summed E-state index contributed by atoms with van der Waals surface area (Å²) in [6.45, 7) is 1.61. The molecule has 2 aromatic rings. The second-order valence-corrected chi connectivity index (χ2v) is 6.76. The largest absolute Gasteiger partial charge is 0.387 e. The molecule has 0 aliphatic heterocycles. The lowest BCUT2D eigenvalue weighted by Crippen LogP contribution is -2.21. The highest BCUT2D eigenvalue weighted by molar-refractivity contribution is 7.99. The quantitative estimate of drug-likeness (QED) is 0.144. The normalized spacial score (nSPS) is 11.4. The van der Waals surface area contributed by atoms with Crippen LogP contribution in [0.15, 0.2) is 32.8 Å². The van der Waals surface area contributed by atoms with Gasteiger partial charge in [0.1, 0.15) is 5.82 Å². The van der Waals surface area contributed by atoms with Gasteiger partial charge < -0.3 is 11.1 Å². The Bertz CT molecular complexity index is 853. The van der Waals surface area contributed by atoms with Crippen LogP contribution < -0.4 is 11.2 Å². The number of benzene rings is 1. The van der Waals surface area contributed by atoms with Crippen molar-refractivity contribution in [2.75, 3.05) is 5.75 Å². The van der Waals surface area contributed by atoms with Crippen LogP contribution >= 0.6 is 11.8 Å². The first-order valence-electron chi connectivity index (χ1n) is 8.00. The van der Waals surface area contributed by atoms with E-state index < -0.39 is 0 Å². The predicted octanol–water partition coefficient (Wildman–Crippen LogP) is 2.79. The van der Waals surface area contributed by atoms with E-state index >= 15 is 0 Å². The lowest BCUT2D eigenvalue weighted by molar-refractivity contribution is 0.234. The van der Waals surface area contributed by atoms with Gasteiger partial charge in [-0.15, -0.1) is 11.8 Å². The summed E-state index contributed by atoms with van der Waals surface area (Å²) in [5.41, 5.74) is 8.71. The first-order chi connectivity index (χ1) is 12.9. The highest BCUT2D eigenvalue weighted by Crippen LogP contribution is 2.23. The summed E-state index contributed by atoms with van der Waals surface area (Å²) in [4.78, 5) is 4.21. The minimum atomic E-state index is -0.345. The lowest BCUT2D eigenvalue weighted by Gasteiger charge is -2.05. The summed E-state index contributed by atoms with van der Waals surface area (Å²) < 4.78 is 18.1. The Hall–Kier alpha value is -2.79. The number of rotatable bonds is 9. The second-order valence-electron chi connectivity index (χ2n) is 5.68. The fourth-order valence-electron chi connectivity index (χ4n) is 2.15. The van der Waals surface area contributed by atoms with Crippen molar-refractivity contribution < 1.29 is 14.2 Å². The summed E-state index contributed by atoms with van der Waals surface area (Å²) in [6, 6.07) is 4.30. The molecule has 27 heavy (non-hydrogen) atoms. The zero-order valence-electron chi connectivity index (χ0n) is 14.6. The second kappa shape index (κ2) is 9.78. The zero-order valence-corrected chi connectivity index (χ0v) is 15.4. The Balaban J connectivity index is 2.03. The molecular formula is C16H20FN7O2S. The number of nitrogens with two attached hydrogens (primary N) is 1. The molecule has 0 radical (unpaired) electrons. The maximum Gasteiger partial charge on any atom is 0.186 e. The van der Waals surface area contributed by atoms with E-state index in [0.29, 0.717) is 40.6 Å². The first-order valence-corrected chi connectivity index (χ1v) is 8.99. The molecule has 1 aromatic carbocycles. The van der Waals surface area contributed by atoms with Gasteiger partial charge in [0.05, 0.1) is 11.5 Å². The maximum absolute atomic E-state index is 13.4. The van der Waals surface area contributed by atoms with E-state index in [1.54, 1.807) is 6.92 Å². The monoisotopic (exact) mass is 393 g/mol. The number of hydrogen-bond donors (Lipinski definition) is 5. The number of amidine groups is 2. The maximum atomic E-state index is 13.4. The van der Waals surface area contributed by atoms with Crippen molar-refractivity contribution in [3.8, 4) is 0 Å². The smallest absolute Gasteiger partial charge is 0.186 e. The van der Waals surface area contributed by atoms with Gasteiger partial charge in [-0.25, -0.2) is 14.0 Å². The first kappa shape index (κ1) is 20.5. The molecule has 6 N–H and O–H groups in total. The van der Waals surface area contributed by atoms with Crippen molar-refractivity contribution >= 4 is 34.8 Å². The van der Waals surface area contributed by atoms with Crippen LogP contribution in [0.2, 0.25) is 0 Å². The molecule has 0 saturated heterocycles. The fourth-order valence-corrected chi connectivity index (χ4v) is 2.99. The Morgan fingerprint density at radius 2 is 2.19 bits per heavy atom. The molecule has 0 saturated carbocycles. The van der Waals surface area contributed by atoms with E-state index in [0.717, 1.165) is 0 Å². The molecule has 9 nitrogen and oxygen atoms in total. The van der Waals surface area contributed by atoms with Crippen LogP contribution in [0.25, 0.3) is 0 Å². The topological polar surface area (TPSA) is 157 Å². The van der Waals surface area contributed by atoms with E-state index in [9.17, 15) is 9.60 Å². The summed E-state index contributed by atoms with van der Waals surface area (Å²) >= 11 is 1.33. The van der Waals surface area contributed by atoms with Gasteiger partial charge >= 0.3 is 0 Å². The van der Waals surface area contributed by atoms with Crippen molar-refractivity contribution in [2.24, 2.45) is 10.7 Å². The third kappa shape index (κ3) is 6.15. The summed E-state index contributed by atoms with van der Waals surface area (Å²) in [5.74, 6) is 0.272. The molecule has 144 valence electrons. The number of aromatic nitrogens is 2. The molecule has 0 atom stereocenters. The van der Waals surface area contributed by atoms with Crippen LogP contribution in [0.1, 0.15) is 30.5 Å². The Morgan fingerprint density at radius 3 is 2.85 bits per heavy atom. The van der Waals surface area contributed by atoms with Crippen molar-refractivity contribution in [1.29, 1.82) is 10.8 Å². The molecular weight excluding hydrogens is 373 g/mol. The molecule has 0 aliphatic rings. The number of hydroxylamine groups is 1. The van der Waals surface area contributed by atoms with Gasteiger partial charge in [-0.3, -0.25) is 16.1 Å². The van der Waals surface area contributed by atoms with Crippen molar-refractivity contribution in [1.82, 2.24) is 15.8 Å². The number of aliphatic imine (C=N–C) groups is 1. The average Bonchev–Trinajstić information content (AvgIpc) is 3.07. The molecule has 1 heterocycles. The number of halogens is 1. The number of nitrogens with one attached hydrogen (secondary N) is 3. The van der Waals surface area contributed by atoms with Crippen LogP contribution in [0.4, 0.5) is 10.1 Å². The Labute approximate surface area is 159 Å². The number of hydrogen-bond acceptors (Lipinski definition) is 8. The van der Waals surface area contributed by atoms with Crippen LogP contribution in [0.3, 0.4) is 0 Å². The van der Waals surface area contributed by atoms with Crippen molar-refractivity contribution in [3.63, 3.8) is 0 Å². The van der Waals surface area contributed by atoms with Gasteiger partial charge in [-0.1, -0.05) is 0 Å². The van der Waals surface area contributed by atoms with Crippen molar-refractivity contribution in [2.45, 2.75) is 31.2 Å². The minimum Gasteiger partial charge on any atom is -0.387 e. The SMILES string of the molecule is Cc1cc(N=C(NO)c2nonc2SCCCC(=N)CC(=N)N)ccc1F. The zero-order chi connectivity index (χ0) is 19.8. The predicted molar refractivity (Wildman–Crippen MR) is 101 cm³/mol. The summed E-state index contributed by atoms with van der Waals surface area (Å²) in [6.07, 6.45) is 1.37. The van der Waals surface area contributed by atoms with Gasteiger partial charge in [-0.2, -0.15) is 0 Å². The fraction of sp³-hybridized carbons (Fsp3) is 0.312. The molecule has 0 bridgehead atoms. The molecule has 0 fully saturated rings. The summed E-state index contributed by atoms with van der Waals surface area (Å²) in [7, 11) is 0. The highest BCUT2D eigenvalue weighted by atomic mass is 32.2. The van der Waals surface area contributed by atoms with Crippen molar-refractivity contribution in [3.05, 3.63) is 35.3 Å². The minimum absolute atomic E-state index is 0.0223.